The van der Waals surface area contributed by atoms with E-state index < -0.39 is 0 Å². The largest absolute Gasteiger partial charge is 0.364 e. The number of halogens is 1. The summed E-state index contributed by atoms with van der Waals surface area (Å²) in [7, 11) is 0. The number of hydrogen-bond donors (Lipinski definition) is 2. The molecule has 0 saturated carbocycles. The highest BCUT2D eigenvalue weighted by Crippen LogP contribution is 2.22. The van der Waals surface area contributed by atoms with Gasteiger partial charge in [0.15, 0.2) is 5.43 Å². The van der Waals surface area contributed by atoms with Crippen molar-refractivity contribution in [2.45, 2.75) is 40.2 Å². The Balaban J connectivity index is 2.91. The van der Waals surface area contributed by atoms with Crippen LogP contribution in [0, 0.1) is 12.3 Å². The quantitative estimate of drug-likeness (QED) is 0.834. The summed E-state index contributed by atoms with van der Waals surface area (Å²) in [6.45, 7) is 7.99. The molecule has 106 valence electrons. The SMILES string of the molecule is Cc1cc(=O)c(C(=O)NC(CCBr)C(C)(C)C)c[nH]1. The molecule has 2 N–H and O–H groups in total. The Morgan fingerprint density at radius 3 is 2.58 bits per heavy atom. The van der Waals surface area contributed by atoms with E-state index in [1.807, 2.05) is 0 Å². The number of amides is 1. The van der Waals surface area contributed by atoms with Crippen LogP contribution in [0.3, 0.4) is 0 Å². The Labute approximate surface area is 122 Å². The van der Waals surface area contributed by atoms with Crippen molar-refractivity contribution in [3.8, 4) is 0 Å². The second-order valence-electron chi connectivity index (χ2n) is 5.76. The molecular formula is C14H21BrN2O2. The van der Waals surface area contributed by atoms with Gasteiger partial charge in [0.25, 0.3) is 5.91 Å². The number of hydrogen-bond acceptors (Lipinski definition) is 2. The fourth-order valence-corrected chi connectivity index (χ4v) is 2.28. The van der Waals surface area contributed by atoms with E-state index in [9.17, 15) is 9.59 Å². The van der Waals surface area contributed by atoms with Crippen LogP contribution in [0.15, 0.2) is 17.1 Å². The summed E-state index contributed by atoms with van der Waals surface area (Å²) in [5.74, 6) is -0.317. The minimum atomic E-state index is -0.317. The van der Waals surface area contributed by atoms with Gasteiger partial charge in [-0.15, -0.1) is 0 Å². The van der Waals surface area contributed by atoms with Crippen molar-refractivity contribution < 1.29 is 4.79 Å². The summed E-state index contributed by atoms with van der Waals surface area (Å²) in [5, 5.41) is 3.75. The van der Waals surface area contributed by atoms with Gasteiger partial charge in [0.1, 0.15) is 5.56 Å². The van der Waals surface area contributed by atoms with Gasteiger partial charge >= 0.3 is 0 Å². The van der Waals surface area contributed by atoms with Gasteiger partial charge in [-0.1, -0.05) is 36.7 Å². The molecule has 4 nitrogen and oxygen atoms in total. The summed E-state index contributed by atoms with van der Waals surface area (Å²) < 4.78 is 0. The lowest BCUT2D eigenvalue weighted by molar-refractivity contribution is 0.0899. The molecule has 0 saturated heterocycles. The van der Waals surface area contributed by atoms with Crippen LogP contribution in [0.2, 0.25) is 0 Å². The molecule has 0 spiro atoms. The molecule has 19 heavy (non-hydrogen) atoms. The van der Waals surface area contributed by atoms with Crippen LogP contribution in [0.4, 0.5) is 0 Å². The number of carbonyl (C=O) groups is 1. The van der Waals surface area contributed by atoms with Crippen LogP contribution in [0.25, 0.3) is 0 Å². The third kappa shape index (κ3) is 4.49. The van der Waals surface area contributed by atoms with Crippen LogP contribution in [0.1, 0.15) is 43.2 Å². The first-order chi connectivity index (χ1) is 8.75. The standard InChI is InChI=1S/C14H21BrN2O2/c1-9-7-11(18)10(8-16-9)13(19)17-12(5-6-15)14(2,3)4/h7-8,12H,5-6H2,1-4H3,(H,16,18)(H,17,19). The van der Waals surface area contributed by atoms with Crippen molar-refractivity contribution in [3.05, 3.63) is 33.7 Å². The average Bonchev–Trinajstić information content (AvgIpc) is 2.26. The Morgan fingerprint density at radius 1 is 1.47 bits per heavy atom. The van der Waals surface area contributed by atoms with Crippen molar-refractivity contribution >= 4 is 21.8 Å². The lowest BCUT2D eigenvalue weighted by Gasteiger charge is -2.31. The molecule has 1 rings (SSSR count). The zero-order valence-corrected chi connectivity index (χ0v) is 13.4. The first-order valence-corrected chi connectivity index (χ1v) is 7.44. The average molecular weight is 329 g/mol. The molecule has 0 aliphatic rings. The number of carbonyl (C=O) groups excluding carboxylic acids is 1. The van der Waals surface area contributed by atoms with E-state index >= 15 is 0 Å². The third-order valence-electron chi connectivity index (χ3n) is 3.05. The number of rotatable bonds is 4. The molecule has 0 aliphatic heterocycles. The first kappa shape index (κ1) is 16.0. The molecule has 1 unspecified atom stereocenters. The monoisotopic (exact) mass is 328 g/mol. The van der Waals surface area contributed by atoms with Crippen molar-refractivity contribution in [1.82, 2.24) is 10.3 Å². The number of nitrogens with one attached hydrogen (secondary N) is 2. The van der Waals surface area contributed by atoms with E-state index in [0.717, 1.165) is 17.4 Å². The van der Waals surface area contributed by atoms with Crippen molar-refractivity contribution in [2.75, 3.05) is 5.33 Å². The third-order valence-corrected chi connectivity index (χ3v) is 3.51. The molecule has 1 atom stereocenters. The van der Waals surface area contributed by atoms with Crippen molar-refractivity contribution in [1.29, 1.82) is 0 Å². The molecule has 0 aliphatic carbocycles. The van der Waals surface area contributed by atoms with Gasteiger partial charge in [-0.2, -0.15) is 0 Å². The van der Waals surface area contributed by atoms with Crippen LogP contribution in [0.5, 0.6) is 0 Å². The Hall–Kier alpha value is -1.10. The summed E-state index contributed by atoms with van der Waals surface area (Å²) in [5.41, 5.74) is 0.602. The molecule has 0 fully saturated rings. The molecule has 0 aromatic carbocycles. The van der Waals surface area contributed by atoms with Gasteiger partial charge in [0, 0.05) is 29.3 Å². The van der Waals surface area contributed by atoms with Gasteiger partial charge in [0.2, 0.25) is 0 Å². The zero-order valence-electron chi connectivity index (χ0n) is 11.8. The second-order valence-corrected chi connectivity index (χ2v) is 6.56. The summed E-state index contributed by atoms with van der Waals surface area (Å²) in [6, 6.07) is 1.45. The number of aryl methyl sites for hydroxylation is 1. The van der Waals surface area contributed by atoms with Crippen LogP contribution < -0.4 is 10.7 Å². The minimum absolute atomic E-state index is 0.0140. The Bertz CT molecular complexity index is 503. The van der Waals surface area contributed by atoms with E-state index in [-0.39, 0.29) is 28.4 Å². The summed E-state index contributed by atoms with van der Waals surface area (Å²) >= 11 is 3.39. The number of pyridine rings is 1. The van der Waals surface area contributed by atoms with Crippen LogP contribution in [-0.4, -0.2) is 22.3 Å². The lowest BCUT2D eigenvalue weighted by atomic mass is 9.85. The lowest BCUT2D eigenvalue weighted by Crippen LogP contribution is -2.45. The summed E-state index contributed by atoms with van der Waals surface area (Å²) in [4.78, 5) is 26.8. The Morgan fingerprint density at radius 2 is 2.11 bits per heavy atom. The molecule has 5 heteroatoms. The van der Waals surface area contributed by atoms with E-state index in [4.69, 9.17) is 0 Å². The van der Waals surface area contributed by atoms with Crippen LogP contribution >= 0.6 is 15.9 Å². The normalized spacial score (nSPS) is 13.1. The van der Waals surface area contributed by atoms with E-state index in [1.165, 1.54) is 12.3 Å². The zero-order chi connectivity index (χ0) is 14.6. The highest BCUT2D eigenvalue weighted by molar-refractivity contribution is 9.09. The van der Waals surface area contributed by atoms with Crippen LogP contribution in [-0.2, 0) is 0 Å². The topological polar surface area (TPSA) is 62.0 Å². The maximum absolute atomic E-state index is 12.2. The highest BCUT2D eigenvalue weighted by atomic mass is 79.9. The molecule has 1 amide bonds. The molecule has 1 heterocycles. The molecular weight excluding hydrogens is 308 g/mol. The van der Waals surface area contributed by atoms with Gasteiger partial charge < -0.3 is 10.3 Å². The number of alkyl halides is 1. The molecule has 1 aromatic rings. The van der Waals surface area contributed by atoms with E-state index in [1.54, 1.807) is 6.92 Å². The maximum Gasteiger partial charge on any atom is 0.256 e. The van der Waals surface area contributed by atoms with Crippen molar-refractivity contribution in [3.63, 3.8) is 0 Å². The van der Waals surface area contributed by atoms with Gasteiger partial charge in [-0.05, 0) is 18.8 Å². The number of aromatic nitrogens is 1. The van der Waals surface area contributed by atoms with Gasteiger partial charge in [0.05, 0.1) is 0 Å². The fraction of sp³-hybridized carbons (Fsp3) is 0.571. The van der Waals surface area contributed by atoms with E-state index in [0.29, 0.717) is 0 Å². The van der Waals surface area contributed by atoms with Gasteiger partial charge in [-0.3, -0.25) is 9.59 Å². The Kier molecular flexibility index (Phi) is 5.35. The van der Waals surface area contributed by atoms with Gasteiger partial charge in [-0.25, -0.2) is 0 Å². The highest BCUT2D eigenvalue weighted by Gasteiger charge is 2.26. The predicted molar refractivity (Wildman–Crippen MR) is 80.9 cm³/mol. The fourth-order valence-electron chi connectivity index (χ4n) is 1.82. The second kappa shape index (κ2) is 6.37. The predicted octanol–water partition coefficient (Wildman–Crippen LogP) is 2.61. The number of aromatic amines is 1. The summed E-state index contributed by atoms with van der Waals surface area (Å²) in [6.07, 6.45) is 2.29. The minimum Gasteiger partial charge on any atom is -0.364 e. The first-order valence-electron chi connectivity index (χ1n) is 6.32. The van der Waals surface area contributed by atoms with Crippen molar-refractivity contribution in [2.24, 2.45) is 5.41 Å². The maximum atomic E-state index is 12.2. The molecule has 0 bridgehead atoms. The molecule has 1 aromatic heterocycles. The molecule has 0 radical (unpaired) electrons. The number of H-pyrrole nitrogens is 1. The van der Waals surface area contributed by atoms with E-state index in [2.05, 4.69) is 47.0 Å². The smallest absolute Gasteiger partial charge is 0.256 e.